The van der Waals surface area contributed by atoms with E-state index in [1.807, 2.05) is 0 Å². The highest BCUT2D eigenvalue weighted by molar-refractivity contribution is 6.02. The predicted molar refractivity (Wildman–Crippen MR) is 225 cm³/mol. The lowest BCUT2D eigenvalue weighted by Crippen LogP contribution is -2.18. The predicted octanol–water partition coefficient (Wildman–Crippen LogP) is 14.6. The minimum Gasteiger partial charge on any atom is -0.310 e. The van der Waals surface area contributed by atoms with Gasteiger partial charge in [0.15, 0.2) is 0 Å². The Kier molecular flexibility index (Phi) is 7.35. The lowest BCUT2D eigenvalue weighted by atomic mass is 9.79. The molecule has 1 nitrogen and oxygen atoms in total. The number of fused-ring (bicyclic) bond motifs is 7. The molecule has 0 amide bonds. The SMILES string of the molecule is CC1(C)c2ccccc2-c2ccc(N(c3ccc4c(c3)C(C)(C)c3cc(C5CCCCC5)ccc3-4)c3ccccc3-c3cccc4ccccc34)cc21. The first-order valence-electron chi connectivity index (χ1n) is 19.7. The fourth-order valence-corrected chi connectivity index (χ4v) is 10.2. The zero-order valence-corrected chi connectivity index (χ0v) is 31.4. The molecule has 0 heterocycles. The van der Waals surface area contributed by atoms with Gasteiger partial charge in [-0.25, -0.2) is 0 Å². The molecule has 0 atom stereocenters. The Morgan fingerprint density at radius 2 is 0.962 bits per heavy atom. The normalized spacial score (nSPS) is 16.5. The summed E-state index contributed by atoms with van der Waals surface area (Å²) < 4.78 is 0. The summed E-state index contributed by atoms with van der Waals surface area (Å²) in [5.41, 5.74) is 18.5. The van der Waals surface area contributed by atoms with Crippen LogP contribution in [0.5, 0.6) is 0 Å². The smallest absolute Gasteiger partial charge is 0.0540 e. The second kappa shape index (κ2) is 12.1. The number of para-hydroxylation sites is 1. The van der Waals surface area contributed by atoms with Crippen molar-refractivity contribution in [1.82, 2.24) is 0 Å². The summed E-state index contributed by atoms with van der Waals surface area (Å²) in [5.74, 6) is 0.695. The number of rotatable bonds is 5. The van der Waals surface area contributed by atoms with E-state index in [1.54, 1.807) is 0 Å². The van der Waals surface area contributed by atoms with Crippen molar-refractivity contribution in [3.05, 3.63) is 173 Å². The van der Waals surface area contributed by atoms with Crippen LogP contribution in [0, 0.1) is 0 Å². The molecule has 7 aromatic rings. The molecule has 260 valence electrons. The van der Waals surface area contributed by atoms with E-state index in [2.05, 4.69) is 178 Å². The molecule has 1 fully saturated rings. The Labute approximate surface area is 315 Å². The molecule has 1 saturated carbocycles. The summed E-state index contributed by atoms with van der Waals surface area (Å²) >= 11 is 0. The molecule has 0 bridgehead atoms. The van der Waals surface area contributed by atoms with Gasteiger partial charge in [0, 0.05) is 27.8 Å². The highest BCUT2D eigenvalue weighted by Gasteiger charge is 2.38. The first-order chi connectivity index (χ1) is 25.8. The summed E-state index contributed by atoms with van der Waals surface area (Å²) in [7, 11) is 0. The van der Waals surface area contributed by atoms with Crippen molar-refractivity contribution in [1.29, 1.82) is 0 Å². The Bertz CT molecular complexity index is 2560. The summed E-state index contributed by atoms with van der Waals surface area (Å²) in [5, 5.41) is 2.53. The van der Waals surface area contributed by atoms with Crippen molar-refractivity contribution in [3.63, 3.8) is 0 Å². The zero-order valence-electron chi connectivity index (χ0n) is 31.4. The van der Waals surface area contributed by atoms with Gasteiger partial charge >= 0.3 is 0 Å². The molecule has 0 unspecified atom stereocenters. The third-order valence-electron chi connectivity index (χ3n) is 13.1. The lowest BCUT2D eigenvalue weighted by molar-refractivity contribution is 0.443. The van der Waals surface area contributed by atoms with Gasteiger partial charge in [-0.2, -0.15) is 0 Å². The summed E-state index contributed by atoms with van der Waals surface area (Å²) in [6.45, 7) is 9.64. The molecule has 0 spiro atoms. The van der Waals surface area contributed by atoms with Crippen molar-refractivity contribution in [3.8, 4) is 33.4 Å². The van der Waals surface area contributed by atoms with E-state index in [-0.39, 0.29) is 10.8 Å². The highest BCUT2D eigenvalue weighted by atomic mass is 15.1. The molecule has 3 aliphatic carbocycles. The van der Waals surface area contributed by atoms with E-state index in [0.29, 0.717) is 5.92 Å². The maximum absolute atomic E-state index is 2.57. The Morgan fingerprint density at radius 1 is 0.434 bits per heavy atom. The summed E-state index contributed by atoms with van der Waals surface area (Å²) in [6.07, 6.45) is 6.75. The van der Waals surface area contributed by atoms with Crippen LogP contribution in [0.4, 0.5) is 17.1 Å². The largest absolute Gasteiger partial charge is 0.310 e. The standard InChI is InChI=1S/C52H47N/c1-51(2)46-23-12-10-20-41(46)43-29-26-37(32-48(43)51)53(50-24-13-11-21-45(50)40-22-14-18-35-17-8-9-19-39(35)40)38-27-30-44-42-28-25-36(34-15-6-5-7-16-34)31-47(42)52(3,4)49(44)33-38/h8-14,17-34H,5-7,15-16H2,1-4H3. The second-order valence-electron chi connectivity index (χ2n) is 16.8. The molecule has 0 aliphatic heterocycles. The quantitative estimate of drug-likeness (QED) is 0.174. The number of nitrogens with zero attached hydrogens (tertiary/aromatic N) is 1. The van der Waals surface area contributed by atoms with Crippen molar-refractivity contribution < 1.29 is 0 Å². The third-order valence-corrected chi connectivity index (χ3v) is 13.1. The van der Waals surface area contributed by atoms with Gasteiger partial charge in [-0.3, -0.25) is 0 Å². The van der Waals surface area contributed by atoms with Crippen LogP contribution in [0.25, 0.3) is 44.2 Å². The van der Waals surface area contributed by atoms with Crippen LogP contribution in [0.15, 0.2) is 146 Å². The third kappa shape index (κ3) is 4.97. The van der Waals surface area contributed by atoms with Crippen LogP contribution < -0.4 is 4.90 Å². The van der Waals surface area contributed by atoms with Gasteiger partial charge in [0.25, 0.3) is 0 Å². The highest BCUT2D eigenvalue weighted by Crippen LogP contribution is 2.54. The average molecular weight is 686 g/mol. The van der Waals surface area contributed by atoms with E-state index in [4.69, 9.17) is 0 Å². The monoisotopic (exact) mass is 685 g/mol. The van der Waals surface area contributed by atoms with Crippen LogP contribution in [0.3, 0.4) is 0 Å². The molecule has 0 N–H and O–H groups in total. The van der Waals surface area contributed by atoms with Crippen LogP contribution in [-0.2, 0) is 10.8 Å². The van der Waals surface area contributed by atoms with E-state index in [1.165, 1.54) is 121 Å². The molecule has 53 heavy (non-hydrogen) atoms. The van der Waals surface area contributed by atoms with Crippen molar-refractivity contribution in [2.24, 2.45) is 0 Å². The van der Waals surface area contributed by atoms with Crippen LogP contribution in [-0.4, -0.2) is 0 Å². The van der Waals surface area contributed by atoms with Crippen molar-refractivity contribution in [2.75, 3.05) is 4.90 Å². The number of hydrogen-bond acceptors (Lipinski definition) is 1. The van der Waals surface area contributed by atoms with Gasteiger partial charge in [0.1, 0.15) is 0 Å². The van der Waals surface area contributed by atoms with Gasteiger partial charge < -0.3 is 4.90 Å². The first-order valence-corrected chi connectivity index (χ1v) is 19.7. The van der Waals surface area contributed by atoms with Gasteiger partial charge in [-0.1, -0.05) is 162 Å². The fraction of sp³-hybridized carbons (Fsp3) is 0.231. The molecule has 10 rings (SSSR count). The van der Waals surface area contributed by atoms with E-state index in [9.17, 15) is 0 Å². The molecule has 7 aromatic carbocycles. The Hall–Kier alpha value is -5.40. The molecule has 1 heteroatoms. The fourth-order valence-electron chi connectivity index (χ4n) is 10.2. The summed E-state index contributed by atoms with van der Waals surface area (Å²) in [6, 6.07) is 55.3. The van der Waals surface area contributed by atoms with E-state index < -0.39 is 0 Å². The number of anilines is 3. The van der Waals surface area contributed by atoms with Crippen LogP contribution in [0.2, 0.25) is 0 Å². The van der Waals surface area contributed by atoms with Crippen LogP contribution >= 0.6 is 0 Å². The van der Waals surface area contributed by atoms with Gasteiger partial charge in [-0.15, -0.1) is 0 Å². The van der Waals surface area contributed by atoms with Crippen molar-refractivity contribution >= 4 is 27.8 Å². The zero-order chi connectivity index (χ0) is 35.9. The first kappa shape index (κ1) is 32.3. The molecular formula is C52H47N. The molecular weight excluding hydrogens is 639 g/mol. The Morgan fingerprint density at radius 3 is 1.70 bits per heavy atom. The van der Waals surface area contributed by atoms with Gasteiger partial charge in [0.2, 0.25) is 0 Å². The molecule has 0 saturated heterocycles. The maximum Gasteiger partial charge on any atom is 0.0540 e. The lowest BCUT2D eigenvalue weighted by Gasteiger charge is -2.31. The van der Waals surface area contributed by atoms with E-state index >= 15 is 0 Å². The minimum absolute atomic E-state index is 0.0969. The topological polar surface area (TPSA) is 3.24 Å². The molecule has 3 aliphatic rings. The summed E-state index contributed by atoms with van der Waals surface area (Å²) in [4.78, 5) is 2.53. The average Bonchev–Trinajstić information content (AvgIpc) is 3.57. The van der Waals surface area contributed by atoms with E-state index in [0.717, 1.165) is 0 Å². The van der Waals surface area contributed by atoms with Crippen LogP contribution in [0.1, 0.15) is 93.5 Å². The number of hydrogen-bond donors (Lipinski definition) is 0. The maximum atomic E-state index is 2.57. The second-order valence-corrected chi connectivity index (χ2v) is 16.8. The number of benzene rings is 7. The van der Waals surface area contributed by atoms with Gasteiger partial charge in [-0.05, 0) is 115 Å². The van der Waals surface area contributed by atoms with Gasteiger partial charge in [0.05, 0.1) is 5.69 Å². The molecule has 0 aromatic heterocycles. The Balaban J connectivity index is 1.16. The molecule has 0 radical (unpaired) electrons. The minimum atomic E-state index is -0.103. The van der Waals surface area contributed by atoms with Crippen molar-refractivity contribution in [2.45, 2.75) is 76.5 Å².